The molecular weight excluding hydrogens is 499 g/mol. The minimum atomic E-state index is -1.93. The topological polar surface area (TPSA) is 69.7 Å². The van der Waals surface area contributed by atoms with Crippen LogP contribution in [0.3, 0.4) is 0 Å². The van der Waals surface area contributed by atoms with E-state index in [1.165, 1.54) is 4.46 Å². The van der Waals surface area contributed by atoms with Crippen LogP contribution in [0.5, 0.6) is 0 Å². The Morgan fingerprint density at radius 2 is 1.36 bits per heavy atom. The molecule has 2 aromatic rings. The number of Topliss-reactive ketones (excluding diaryl/α,β-unsaturated/α-hetero) is 1. The predicted molar refractivity (Wildman–Crippen MR) is 132 cm³/mol. The van der Waals surface area contributed by atoms with Crippen LogP contribution < -0.4 is 4.46 Å². The maximum absolute atomic E-state index is 13.7. The average Bonchev–Trinajstić information content (AvgIpc) is 3.48. The molecule has 3 atom stereocenters. The molecule has 0 aromatic heterocycles. The molecule has 0 unspecified atom stereocenters. The maximum atomic E-state index is 13.7. The summed E-state index contributed by atoms with van der Waals surface area (Å²) in [5, 5.41) is 0. The van der Waals surface area contributed by atoms with Crippen molar-refractivity contribution in [1.82, 2.24) is 0 Å². The van der Waals surface area contributed by atoms with Gasteiger partial charge in [-0.1, -0.05) is 0 Å². The Bertz CT molecular complexity index is 969. The molecule has 33 heavy (non-hydrogen) atoms. The van der Waals surface area contributed by atoms with Crippen LogP contribution in [-0.4, -0.2) is 54.0 Å². The number of esters is 2. The Hall–Kier alpha value is -2.21. The van der Waals surface area contributed by atoms with Gasteiger partial charge in [-0.05, 0) is 0 Å². The summed E-state index contributed by atoms with van der Waals surface area (Å²) in [6, 6.07) is 19.1. The van der Waals surface area contributed by atoms with Crippen molar-refractivity contribution < 1.29 is 23.9 Å². The van der Waals surface area contributed by atoms with Crippen molar-refractivity contribution in [3.05, 3.63) is 66.2 Å². The quantitative estimate of drug-likeness (QED) is 0.201. The van der Waals surface area contributed by atoms with Gasteiger partial charge in [-0.15, -0.1) is 0 Å². The number of benzene rings is 2. The molecule has 0 saturated heterocycles. The van der Waals surface area contributed by atoms with E-state index in [1.807, 2.05) is 24.3 Å². The van der Waals surface area contributed by atoms with E-state index in [0.717, 1.165) is 0 Å². The van der Waals surface area contributed by atoms with Crippen LogP contribution in [0.1, 0.15) is 24.2 Å². The molecule has 2 aromatic carbocycles. The first-order valence-electron chi connectivity index (χ1n) is 11.3. The zero-order valence-electron chi connectivity index (χ0n) is 19.9. The fraction of sp³-hybridized carbons (Fsp3) is 0.423. The summed E-state index contributed by atoms with van der Waals surface area (Å²) in [6.07, 6.45) is 0. The molecule has 7 heteroatoms. The van der Waals surface area contributed by atoms with E-state index in [4.69, 9.17) is 9.47 Å². The van der Waals surface area contributed by atoms with Crippen LogP contribution >= 0.6 is 0 Å². The molecule has 1 fully saturated rings. The second-order valence-corrected chi connectivity index (χ2v) is 18.1. The predicted octanol–water partition coefficient (Wildman–Crippen LogP) is 3.92. The zero-order valence-corrected chi connectivity index (χ0v) is 22.6. The van der Waals surface area contributed by atoms with Crippen LogP contribution in [0.2, 0.25) is 24.1 Å². The number of rotatable bonds is 10. The summed E-state index contributed by atoms with van der Waals surface area (Å²) in [5.41, 5.74) is -1.08. The molecule has 0 heterocycles. The molecule has 1 saturated carbocycles. The third-order valence-electron chi connectivity index (χ3n) is 6.02. The summed E-state index contributed by atoms with van der Waals surface area (Å²) < 4.78 is 12.1. The van der Waals surface area contributed by atoms with Crippen molar-refractivity contribution in [3.63, 3.8) is 0 Å². The Morgan fingerprint density at radius 3 is 1.82 bits per heavy atom. The van der Waals surface area contributed by atoms with Crippen molar-refractivity contribution in [2.75, 3.05) is 13.2 Å². The summed E-state index contributed by atoms with van der Waals surface area (Å²) in [4.78, 5) is 40.6. The molecule has 0 bridgehead atoms. The van der Waals surface area contributed by atoms with Gasteiger partial charge < -0.3 is 0 Å². The van der Waals surface area contributed by atoms with Gasteiger partial charge in [0.05, 0.1) is 0 Å². The van der Waals surface area contributed by atoms with E-state index >= 15 is 0 Å². The van der Waals surface area contributed by atoms with E-state index < -0.39 is 37.3 Å². The summed E-state index contributed by atoms with van der Waals surface area (Å²) in [6.45, 7) is 10.4. The summed E-state index contributed by atoms with van der Waals surface area (Å²) >= 11 is -0.0215. The fourth-order valence-corrected chi connectivity index (χ4v) is 11.7. The van der Waals surface area contributed by atoms with Crippen molar-refractivity contribution >= 4 is 45.2 Å². The molecule has 0 radical (unpaired) electrons. The Morgan fingerprint density at radius 1 is 0.879 bits per heavy atom. The van der Waals surface area contributed by atoms with Gasteiger partial charge >= 0.3 is 204 Å². The van der Waals surface area contributed by atoms with Gasteiger partial charge in [-0.25, -0.2) is 0 Å². The van der Waals surface area contributed by atoms with Crippen molar-refractivity contribution in [2.24, 2.45) is 17.3 Å². The first kappa shape index (κ1) is 25.4. The first-order valence-corrected chi connectivity index (χ1v) is 16.8. The van der Waals surface area contributed by atoms with E-state index in [2.05, 4.69) is 31.8 Å². The van der Waals surface area contributed by atoms with E-state index in [0.29, 0.717) is 5.56 Å². The number of hydrogen-bond acceptors (Lipinski definition) is 5. The Labute approximate surface area is 203 Å². The molecule has 1 aliphatic carbocycles. The van der Waals surface area contributed by atoms with Gasteiger partial charge in [0.1, 0.15) is 0 Å². The Balaban J connectivity index is 2.14. The van der Waals surface area contributed by atoms with Crippen LogP contribution in [0.15, 0.2) is 60.7 Å². The summed E-state index contributed by atoms with van der Waals surface area (Å²) in [7, 11) is -1.93. The van der Waals surface area contributed by atoms with Gasteiger partial charge in [0, 0.05) is 0 Å². The number of carbonyl (C=O) groups excluding carboxylic acids is 3. The standard InChI is InChI=1S/C26H32O5SeSi/c1-6-30-24(28)26(25(29)31-7-2)20(22(27)18-14-10-8-11-15-18)21(26)23(33(3,4)5)32-19-16-12-9-13-17-19/h8-17,20-21,23H,6-7H2,1-5H3/t20-,21+,23+/m0/s1. The minimum absolute atomic E-state index is 0.0215. The summed E-state index contributed by atoms with van der Waals surface area (Å²) in [5.74, 6) is -2.66. The molecule has 1 aliphatic rings. The van der Waals surface area contributed by atoms with Crippen molar-refractivity contribution in [2.45, 2.75) is 37.9 Å². The molecular formula is C26H32O5SeSi. The second-order valence-electron chi connectivity index (χ2n) is 9.26. The van der Waals surface area contributed by atoms with Crippen molar-refractivity contribution in [3.8, 4) is 0 Å². The molecule has 0 aliphatic heterocycles. The third kappa shape index (κ3) is 5.00. The molecule has 5 nitrogen and oxygen atoms in total. The van der Waals surface area contributed by atoms with Gasteiger partial charge in [-0.2, -0.15) is 0 Å². The van der Waals surface area contributed by atoms with Gasteiger partial charge in [-0.3, -0.25) is 0 Å². The van der Waals surface area contributed by atoms with E-state index in [-0.39, 0.29) is 38.4 Å². The van der Waals surface area contributed by atoms with Crippen LogP contribution in [-0.2, 0) is 19.1 Å². The van der Waals surface area contributed by atoms with E-state index in [9.17, 15) is 14.4 Å². The number of ketones is 1. The molecule has 176 valence electrons. The molecule has 3 rings (SSSR count). The van der Waals surface area contributed by atoms with Crippen LogP contribution in [0, 0.1) is 17.3 Å². The van der Waals surface area contributed by atoms with Gasteiger partial charge in [0.25, 0.3) is 0 Å². The Kier molecular flexibility index (Phi) is 7.99. The van der Waals surface area contributed by atoms with E-state index in [1.54, 1.807) is 38.1 Å². The van der Waals surface area contributed by atoms with Crippen molar-refractivity contribution in [1.29, 1.82) is 0 Å². The fourth-order valence-electron chi connectivity index (χ4n) is 4.52. The number of ether oxygens (including phenoxy) is 2. The van der Waals surface area contributed by atoms with Gasteiger partial charge in [0.2, 0.25) is 0 Å². The molecule has 0 spiro atoms. The van der Waals surface area contributed by atoms with Crippen LogP contribution in [0.25, 0.3) is 0 Å². The first-order chi connectivity index (χ1) is 15.7. The monoisotopic (exact) mass is 532 g/mol. The van der Waals surface area contributed by atoms with Gasteiger partial charge in [0.15, 0.2) is 0 Å². The van der Waals surface area contributed by atoms with Crippen LogP contribution in [0.4, 0.5) is 0 Å². The number of carbonyl (C=O) groups is 3. The molecule has 0 amide bonds. The third-order valence-corrected chi connectivity index (χ3v) is 15.4. The second kappa shape index (κ2) is 10.4. The average molecular weight is 532 g/mol. The number of hydrogen-bond donors (Lipinski definition) is 0. The zero-order chi connectivity index (χ0) is 24.2. The normalized spacial score (nSPS) is 19.9. The SMILES string of the molecule is CCOC(=O)C1(C(=O)OCC)[C@@H]([C@H]([Se]c2ccccc2)[Si](C)(C)C)[C@H]1C(=O)c1ccccc1. The molecule has 0 N–H and O–H groups in total.